The normalized spacial score (nSPS) is 22.4. The third-order valence-corrected chi connectivity index (χ3v) is 5.40. The van der Waals surface area contributed by atoms with Crippen LogP contribution < -0.4 is 14.8 Å². The number of hydrogen-bond donors (Lipinski definition) is 2. The van der Waals surface area contributed by atoms with Gasteiger partial charge in [0.25, 0.3) is 0 Å². The van der Waals surface area contributed by atoms with Crippen molar-refractivity contribution in [2.75, 3.05) is 13.7 Å². The maximum atomic E-state index is 12.5. The summed E-state index contributed by atoms with van der Waals surface area (Å²) in [7, 11) is -2.11. The molecule has 21 heavy (non-hydrogen) atoms. The maximum absolute atomic E-state index is 12.5. The van der Waals surface area contributed by atoms with Crippen LogP contribution in [0.3, 0.4) is 0 Å². The molecule has 0 aliphatic carbocycles. The first kappa shape index (κ1) is 18.7. The molecule has 2 N–H and O–H groups in total. The summed E-state index contributed by atoms with van der Waals surface area (Å²) in [6.45, 7) is 2.88. The zero-order valence-electron chi connectivity index (χ0n) is 11.9. The summed E-state index contributed by atoms with van der Waals surface area (Å²) in [5, 5.41) is 3.30. The van der Waals surface area contributed by atoms with Crippen LogP contribution in [-0.4, -0.2) is 34.2 Å². The molecular weight excluding hydrogens is 380 g/mol. The predicted octanol–water partition coefficient (Wildman–Crippen LogP) is 2.30. The molecule has 0 radical (unpaired) electrons. The third kappa shape index (κ3) is 4.82. The maximum Gasteiger partial charge on any atom is 0.244 e. The lowest BCUT2D eigenvalue weighted by Crippen LogP contribution is -2.46. The molecule has 8 heteroatoms. The number of methoxy groups -OCH3 is 1. The third-order valence-electron chi connectivity index (χ3n) is 3.36. The van der Waals surface area contributed by atoms with Crippen molar-refractivity contribution in [1.29, 1.82) is 0 Å². The van der Waals surface area contributed by atoms with E-state index in [-0.39, 0.29) is 23.3 Å². The molecule has 1 aliphatic heterocycles. The van der Waals surface area contributed by atoms with Crippen molar-refractivity contribution in [1.82, 2.24) is 10.0 Å². The molecule has 5 nitrogen and oxygen atoms in total. The molecule has 1 fully saturated rings. The zero-order valence-corrected chi connectivity index (χ0v) is 15.1. The number of nitrogens with one attached hydrogen (secondary N) is 2. The van der Waals surface area contributed by atoms with Gasteiger partial charge in [-0.25, -0.2) is 13.1 Å². The lowest BCUT2D eigenvalue weighted by molar-refractivity contribution is 0.360. The number of hydrogen-bond acceptors (Lipinski definition) is 4. The van der Waals surface area contributed by atoms with Crippen LogP contribution >= 0.6 is 28.3 Å². The van der Waals surface area contributed by atoms with Crippen molar-refractivity contribution >= 4 is 38.4 Å². The Labute approximate surface area is 140 Å². The Balaban J connectivity index is 0.00000220. The molecule has 2 rings (SSSR count). The molecule has 0 amide bonds. The van der Waals surface area contributed by atoms with Crippen LogP contribution in [0.4, 0.5) is 0 Å². The number of rotatable bonds is 4. The molecule has 1 aromatic carbocycles. The summed E-state index contributed by atoms with van der Waals surface area (Å²) >= 11 is 3.29. The van der Waals surface area contributed by atoms with Gasteiger partial charge >= 0.3 is 0 Å². The van der Waals surface area contributed by atoms with Gasteiger partial charge in [-0.3, -0.25) is 0 Å². The topological polar surface area (TPSA) is 67.4 Å². The highest BCUT2D eigenvalue weighted by Crippen LogP contribution is 2.27. The highest BCUT2D eigenvalue weighted by atomic mass is 79.9. The molecule has 2 atom stereocenters. The van der Waals surface area contributed by atoms with Crippen molar-refractivity contribution in [3.05, 3.63) is 22.7 Å². The zero-order chi connectivity index (χ0) is 14.8. The fraction of sp³-hybridized carbons (Fsp3) is 0.538. The van der Waals surface area contributed by atoms with E-state index >= 15 is 0 Å². The summed E-state index contributed by atoms with van der Waals surface area (Å²) < 4.78 is 33.6. The minimum absolute atomic E-state index is 0. The van der Waals surface area contributed by atoms with Crippen molar-refractivity contribution in [2.45, 2.75) is 36.7 Å². The van der Waals surface area contributed by atoms with E-state index in [9.17, 15) is 8.42 Å². The lowest BCUT2D eigenvalue weighted by atomic mass is 10.0. The second-order valence-electron chi connectivity index (χ2n) is 4.99. The molecule has 2 unspecified atom stereocenters. The fourth-order valence-corrected chi connectivity index (χ4v) is 4.37. The molecule has 1 heterocycles. The van der Waals surface area contributed by atoms with Crippen molar-refractivity contribution < 1.29 is 13.2 Å². The standard InChI is InChI=1S/C13H19BrN2O3S.ClH/c1-9-7-11(5-6-15-9)16-20(17,18)13-8-10(14)3-4-12(13)19-2;/h3-4,8-9,11,15-16H,5-7H2,1-2H3;1H. The highest BCUT2D eigenvalue weighted by molar-refractivity contribution is 9.10. The summed E-state index contributed by atoms with van der Waals surface area (Å²) in [6, 6.07) is 5.24. The van der Waals surface area contributed by atoms with Gasteiger partial charge in [0, 0.05) is 16.6 Å². The van der Waals surface area contributed by atoms with Crippen LogP contribution in [0.1, 0.15) is 19.8 Å². The van der Waals surface area contributed by atoms with Gasteiger partial charge in [0.05, 0.1) is 7.11 Å². The van der Waals surface area contributed by atoms with Gasteiger partial charge in [0.15, 0.2) is 0 Å². The predicted molar refractivity (Wildman–Crippen MR) is 88.8 cm³/mol. The summed E-state index contributed by atoms with van der Waals surface area (Å²) in [4.78, 5) is 0.167. The Morgan fingerprint density at radius 3 is 2.76 bits per heavy atom. The number of piperidine rings is 1. The quantitative estimate of drug-likeness (QED) is 0.815. The number of sulfonamides is 1. The van der Waals surface area contributed by atoms with Crippen molar-refractivity contribution in [3.63, 3.8) is 0 Å². The van der Waals surface area contributed by atoms with Crippen molar-refractivity contribution in [3.8, 4) is 5.75 Å². The fourth-order valence-electron chi connectivity index (χ4n) is 2.38. The van der Waals surface area contributed by atoms with E-state index in [1.54, 1.807) is 18.2 Å². The van der Waals surface area contributed by atoms with Crippen LogP contribution in [-0.2, 0) is 10.0 Å². The Bertz CT molecular complexity index is 583. The monoisotopic (exact) mass is 398 g/mol. The van der Waals surface area contributed by atoms with Crippen LogP contribution in [0, 0.1) is 0 Å². The average Bonchev–Trinajstić information content (AvgIpc) is 2.38. The van der Waals surface area contributed by atoms with E-state index in [0.717, 1.165) is 19.4 Å². The van der Waals surface area contributed by atoms with E-state index in [2.05, 4.69) is 32.9 Å². The van der Waals surface area contributed by atoms with E-state index in [1.807, 2.05) is 0 Å². The average molecular weight is 400 g/mol. The highest BCUT2D eigenvalue weighted by Gasteiger charge is 2.26. The van der Waals surface area contributed by atoms with Gasteiger partial charge < -0.3 is 10.1 Å². The SMILES string of the molecule is COc1ccc(Br)cc1S(=O)(=O)NC1CCNC(C)C1.Cl. The summed E-state index contributed by atoms with van der Waals surface area (Å²) in [5.74, 6) is 0.350. The van der Waals surface area contributed by atoms with Gasteiger partial charge in [0.1, 0.15) is 10.6 Å². The van der Waals surface area contributed by atoms with Crippen LogP contribution in [0.15, 0.2) is 27.6 Å². The Morgan fingerprint density at radius 1 is 1.43 bits per heavy atom. The first-order chi connectivity index (χ1) is 9.42. The number of halogens is 2. The van der Waals surface area contributed by atoms with Gasteiger partial charge in [0.2, 0.25) is 10.0 Å². The Morgan fingerprint density at radius 2 is 2.14 bits per heavy atom. The van der Waals surface area contributed by atoms with Crippen molar-refractivity contribution in [2.24, 2.45) is 0 Å². The van der Waals surface area contributed by atoms with Crippen LogP contribution in [0.2, 0.25) is 0 Å². The summed E-state index contributed by atoms with van der Waals surface area (Å²) in [5.41, 5.74) is 0. The molecule has 0 bridgehead atoms. The largest absolute Gasteiger partial charge is 0.495 e. The van der Waals surface area contributed by atoms with Gasteiger partial charge in [-0.2, -0.15) is 0 Å². The minimum atomic E-state index is -3.58. The van der Waals surface area contributed by atoms with Gasteiger partial charge in [-0.05, 0) is 44.5 Å². The second-order valence-corrected chi connectivity index (χ2v) is 7.59. The van der Waals surface area contributed by atoms with E-state index < -0.39 is 10.0 Å². The van der Waals surface area contributed by atoms with E-state index in [4.69, 9.17) is 4.74 Å². The number of ether oxygens (including phenoxy) is 1. The van der Waals surface area contributed by atoms with E-state index in [1.165, 1.54) is 7.11 Å². The molecule has 1 aromatic rings. The first-order valence-corrected chi connectivity index (χ1v) is 8.79. The van der Waals surface area contributed by atoms with Gasteiger partial charge in [-0.1, -0.05) is 15.9 Å². The van der Waals surface area contributed by atoms with Crippen LogP contribution in [0.5, 0.6) is 5.75 Å². The smallest absolute Gasteiger partial charge is 0.244 e. The Kier molecular flexibility index (Phi) is 6.93. The van der Waals surface area contributed by atoms with Gasteiger partial charge in [-0.15, -0.1) is 12.4 Å². The van der Waals surface area contributed by atoms with Crippen LogP contribution in [0.25, 0.3) is 0 Å². The second kappa shape index (κ2) is 7.78. The minimum Gasteiger partial charge on any atom is -0.495 e. The molecule has 1 aliphatic rings. The number of benzene rings is 1. The summed E-state index contributed by atoms with van der Waals surface area (Å²) in [6.07, 6.45) is 1.58. The molecule has 0 aromatic heterocycles. The first-order valence-electron chi connectivity index (χ1n) is 6.51. The Hall–Kier alpha value is -0.340. The van der Waals surface area contributed by atoms with E-state index in [0.29, 0.717) is 16.3 Å². The molecule has 0 saturated carbocycles. The molecular formula is C13H20BrClN2O3S. The lowest BCUT2D eigenvalue weighted by Gasteiger charge is -2.28. The molecule has 120 valence electrons. The molecule has 1 saturated heterocycles. The molecule has 0 spiro atoms.